The van der Waals surface area contributed by atoms with Gasteiger partial charge in [-0.25, -0.2) is 4.79 Å². The zero-order chi connectivity index (χ0) is 21.1. The highest BCUT2D eigenvalue weighted by Crippen LogP contribution is 2.31. The molecular weight excluding hydrogens is 374 g/mol. The summed E-state index contributed by atoms with van der Waals surface area (Å²) in [5, 5.41) is 0.399. The van der Waals surface area contributed by atoms with E-state index < -0.39 is 5.69 Å². The summed E-state index contributed by atoms with van der Waals surface area (Å²) in [4.78, 5) is 39.8. The fraction of sp³-hybridized carbons (Fsp3) is 0.286. The number of rotatable bonds is 6. The summed E-state index contributed by atoms with van der Waals surface area (Å²) in [6.07, 6.45) is 0. The summed E-state index contributed by atoms with van der Waals surface area (Å²) in [6.45, 7) is 1.74. The van der Waals surface area contributed by atoms with Crippen LogP contribution in [0, 0.1) is 0 Å². The van der Waals surface area contributed by atoms with E-state index in [0.29, 0.717) is 28.1 Å². The highest BCUT2D eigenvalue weighted by Gasteiger charge is 2.18. The Morgan fingerprint density at radius 1 is 1.00 bits per heavy atom. The van der Waals surface area contributed by atoms with Crippen LogP contribution in [0.25, 0.3) is 10.9 Å². The topological polar surface area (TPSA) is 82.8 Å². The van der Waals surface area contributed by atoms with E-state index >= 15 is 0 Å². The Bertz CT molecular complexity index is 1180. The van der Waals surface area contributed by atoms with Crippen LogP contribution < -0.4 is 25.6 Å². The average Bonchev–Trinajstić information content (AvgIpc) is 2.75. The lowest BCUT2D eigenvalue weighted by atomic mass is 10.2. The molecule has 1 aromatic heterocycles. The number of hydrogen-bond acceptors (Lipinski definition) is 5. The van der Waals surface area contributed by atoms with E-state index in [1.54, 1.807) is 56.4 Å². The third-order valence-electron chi connectivity index (χ3n) is 4.87. The van der Waals surface area contributed by atoms with E-state index in [1.165, 1.54) is 23.7 Å². The molecule has 0 radical (unpaired) electrons. The summed E-state index contributed by atoms with van der Waals surface area (Å²) in [7, 11) is 4.67. The van der Waals surface area contributed by atoms with Crippen molar-refractivity contribution in [2.75, 3.05) is 26.2 Å². The molecule has 0 spiro atoms. The predicted molar refractivity (Wildman–Crippen MR) is 111 cm³/mol. The fourth-order valence-corrected chi connectivity index (χ4v) is 3.22. The molecule has 0 atom stereocenters. The Morgan fingerprint density at radius 3 is 2.34 bits per heavy atom. The molecule has 0 aliphatic carbocycles. The number of para-hydroxylation sites is 1. The van der Waals surface area contributed by atoms with Gasteiger partial charge in [-0.15, -0.1) is 0 Å². The van der Waals surface area contributed by atoms with Crippen LogP contribution in [0.5, 0.6) is 11.5 Å². The first-order valence-electron chi connectivity index (χ1n) is 9.13. The minimum Gasteiger partial charge on any atom is -0.493 e. The molecule has 0 bridgehead atoms. The number of ether oxygens (including phenoxy) is 2. The van der Waals surface area contributed by atoms with E-state index in [1.807, 2.05) is 0 Å². The summed E-state index contributed by atoms with van der Waals surface area (Å²) < 4.78 is 13.0. The molecule has 8 heteroatoms. The molecule has 0 fully saturated rings. The van der Waals surface area contributed by atoms with Crippen molar-refractivity contribution in [1.82, 2.24) is 9.13 Å². The zero-order valence-electron chi connectivity index (χ0n) is 16.8. The molecule has 1 amide bonds. The molecule has 0 aliphatic rings. The Hall–Kier alpha value is -3.55. The highest BCUT2D eigenvalue weighted by atomic mass is 16.5. The Balaban J connectivity index is 2.02. The van der Waals surface area contributed by atoms with Crippen LogP contribution in [0.15, 0.2) is 52.1 Å². The van der Waals surface area contributed by atoms with Gasteiger partial charge in [-0.2, -0.15) is 0 Å². The molecule has 29 heavy (non-hydrogen) atoms. The Kier molecular flexibility index (Phi) is 5.72. The standard InChI is InChI=1S/C21H23N3O5/c1-5-23-20(26)15-8-6-7-9-16(15)24(21(23)27)13-19(25)22(2)14-10-11-17(28-3)18(12-14)29-4/h6-12H,5,13H2,1-4H3. The minimum atomic E-state index is -0.509. The number of methoxy groups -OCH3 is 2. The second kappa shape index (κ2) is 8.22. The Morgan fingerprint density at radius 2 is 1.69 bits per heavy atom. The predicted octanol–water partition coefficient (Wildman–Crippen LogP) is 1.86. The van der Waals surface area contributed by atoms with Gasteiger partial charge in [-0.05, 0) is 31.2 Å². The maximum absolute atomic E-state index is 13.0. The molecule has 0 unspecified atom stereocenters. The molecule has 8 nitrogen and oxygen atoms in total. The van der Waals surface area contributed by atoms with Crippen LogP contribution in [0.1, 0.15) is 6.92 Å². The van der Waals surface area contributed by atoms with Gasteiger partial charge in [-0.3, -0.25) is 18.7 Å². The van der Waals surface area contributed by atoms with Gasteiger partial charge in [0.15, 0.2) is 11.5 Å². The van der Waals surface area contributed by atoms with E-state index in [4.69, 9.17) is 9.47 Å². The third kappa shape index (κ3) is 3.61. The molecule has 0 saturated heterocycles. The lowest BCUT2D eigenvalue weighted by Crippen LogP contribution is -2.42. The van der Waals surface area contributed by atoms with Gasteiger partial charge in [0.1, 0.15) is 6.54 Å². The summed E-state index contributed by atoms with van der Waals surface area (Å²) in [5.41, 5.74) is 0.158. The van der Waals surface area contributed by atoms with E-state index in [9.17, 15) is 14.4 Å². The van der Waals surface area contributed by atoms with Gasteiger partial charge in [0, 0.05) is 25.3 Å². The van der Waals surface area contributed by atoms with Crippen molar-refractivity contribution in [3.8, 4) is 11.5 Å². The van der Waals surface area contributed by atoms with Crippen LogP contribution in [0.3, 0.4) is 0 Å². The number of fused-ring (bicyclic) bond motifs is 1. The molecule has 1 heterocycles. The van der Waals surface area contributed by atoms with Gasteiger partial charge in [0.05, 0.1) is 25.1 Å². The van der Waals surface area contributed by atoms with Gasteiger partial charge in [0.2, 0.25) is 5.91 Å². The van der Waals surface area contributed by atoms with Crippen LogP contribution in [0.2, 0.25) is 0 Å². The zero-order valence-corrected chi connectivity index (χ0v) is 16.8. The Labute approximate surface area is 167 Å². The molecular formula is C21H23N3O5. The molecule has 3 rings (SSSR count). The molecule has 3 aromatic rings. The summed E-state index contributed by atoms with van der Waals surface area (Å²) in [6, 6.07) is 11.9. The number of nitrogens with zero attached hydrogens (tertiary/aromatic N) is 3. The molecule has 2 aromatic carbocycles. The monoisotopic (exact) mass is 397 g/mol. The van der Waals surface area contributed by atoms with Crippen LogP contribution in [-0.4, -0.2) is 36.3 Å². The van der Waals surface area contributed by atoms with Crippen molar-refractivity contribution >= 4 is 22.5 Å². The minimum absolute atomic E-state index is 0.204. The van der Waals surface area contributed by atoms with Crippen molar-refractivity contribution in [3.05, 3.63) is 63.3 Å². The van der Waals surface area contributed by atoms with Crippen molar-refractivity contribution in [2.24, 2.45) is 0 Å². The van der Waals surface area contributed by atoms with Gasteiger partial charge in [-0.1, -0.05) is 12.1 Å². The fourth-order valence-electron chi connectivity index (χ4n) is 3.22. The molecule has 0 saturated carbocycles. The van der Waals surface area contributed by atoms with E-state index in [2.05, 4.69) is 0 Å². The SMILES string of the molecule is CCn1c(=O)c2ccccc2n(CC(=O)N(C)c2ccc(OC)c(OC)c2)c1=O. The molecule has 0 aliphatic heterocycles. The van der Waals surface area contributed by atoms with E-state index in [0.717, 1.165) is 4.57 Å². The smallest absolute Gasteiger partial charge is 0.331 e. The number of aromatic nitrogens is 2. The van der Waals surface area contributed by atoms with Crippen molar-refractivity contribution in [2.45, 2.75) is 20.0 Å². The van der Waals surface area contributed by atoms with Crippen LogP contribution >= 0.6 is 0 Å². The number of hydrogen-bond donors (Lipinski definition) is 0. The number of amides is 1. The van der Waals surface area contributed by atoms with E-state index in [-0.39, 0.29) is 24.6 Å². The van der Waals surface area contributed by atoms with Gasteiger partial charge < -0.3 is 14.4 Å². The molecule has 152 valence electrons. The van der Waals surface area contributed by atoms with Crippen LogP contribution in [0.4, 0.5) is 5.69 Å². The second-order valence-corrected chi connectivity index (χ2v) is 6.43. The second-order valence-electron chi connectivity index (χ2n) is 6.43. The first-order chi connectivity index (χ1) is 13.9. The summed E-state index contributed by atoms with van der Waals surface area (Å²) in [5.74, 6) is 0.729. The van der Waals surface area contributed by atoms with Crippen molar-refractivity contribution < 1.29 is 14.3 Å². The first-order valence-corrected chi connectivity index (χ1v) is 9.13. The lowest BCUT2D eigenvalue weighted by molar-refractivity contribution is -0.118. The molecule has 0 N–H and O–H groups in total. The maximum Gasteiger partial charge on any atom is 0.331 e. The first kappa shape index (κ1) is 20.2. The van der Waals surface area contributed by atoms with Gasteiger partial charge in [0.25, 0.3) is 5.56 Å². The third-order valence-corrected chi connectivity index (χ3v) is 4.87. The largest absolute Gasteiger partial charge is 0.493 e. The number of carbonyl (C=O) groups excluding carboxylic acids is 1. The lowest BCUT2D eigenvalue weighted by Gasteiger charge is -2.20. The van der Waals surface area contributed by atoms with Gasteiger partial charge >= 0.3 is 5.69 Å². The number of benzene rings is 2. The number of likely N-dealkylation sites (N-methyl/N-ethyl adjacent to an activating group) is 1. The maximum atomic E-state index is 13.0. The number of carbonyl (C=O) groups is 1. The summed E-state index contributed by atoms with van der Waals surface area (Å²) >= 11 is 0. The van der Waals surface area contributed by atoms with Crippen molar-refractivity contribution in [3.63, 3.8) is 0 Å². The van der Waals surface area contributed by atoms with Crippen molar-refractivity contribution in [1.29, 1.82) is 0 Å². The number of anilines is 1. The van der Waals surface area contributed by atoms with Crippen LogP contribution in [-0.2, 0) is 17.9 Å². The normalized spacial score (nSPS) is 10.8. The average molecular weight is 397 g/mol. The quantitative estimate of drug-likeness (QED) is 0.634. The highest BCUT2D eigenvalue weighted by molar-refractivity contribution is 5.94.